The Morgan fingerprint density at radius 3 is 1.18 bits per heavy atom. The van der Waals surface area contributed by atoms with E-state index in [1.165, 1.54) is 38.5 Å². The van der Waals surface area contributed by atoms with Crippen molar-refractivity contribution in [1.29, 1.82) is 0 Å². The fraction of sp³-hybridized carbons (Fsp3) is 0.638. The Bertz CT molecular complexity index is 1440. The number of quaternary nitrogens is 1. The highest BCUT2D eigenvalue weighted by atomic mass is 16.6. The van der Waals surface area contributed by atoms with Crippen LogP contribution in [-0.4, -0.2) is 80.6 Å². The molecule has 0 aliphatic carbocycles. The topological polar surface area (TPSA) is 99.1 Å². The molecule has 0 aliphatic rings. The number of carboxylic acid groups (broad SMARTS) is 1. The van der Waals surface area contributed by atoms with Crippen molar-refractivity contribution < 1.29 is 38.2 Å². The summed E-state index contributed by atoms with van der Waals surface area (Å²) in [5, 5.41) is 9.66. The lowest BCUT2D eigenvalue weighted by atomic mass is 10.1. The summed E-state index contributed by atoms with van der Waals surface area (Å²) in [6.07, 6.45) is 65.6. The fourth-order valence-electron chi connectivity index (χ4n) is 6.99. The molecule has 2 atom stereocenters. The minimum Gasteiger partial charge on any atom is -0.477 e. The van der Waals surface area contributed by atoms with E-state index >= 15 is 0 Å². The van der Waals surface area contributed by atoms with Gasteiger partial charge in [0.05, 0.1) is 34.4 Å². The quantitative estimate of drug-likeness (QED) is 0.0281. The molecule has 0 fully saturated rings. The molecule has 0 rings (SSSR count). The number of carboxylic acids is 1. The zero-order valence-electron chi connectivity index (χ0n) is 42.6. The number of allylic oxidation sites excluding steroid dienone is 18. The minimum atomic E-state index is -0.883. The summed E-state index contributed by atoms with van der Waals surface area (Å²) in [4.78, 5) is 37.2. The number of nitrogens with zero attached hydrogens (tertiary/aromatic N) is 1. The van der Waals surface area contributed by atoms with Gasteiger partial charge in [0, 0.05) is 19.3 Å². The van der Waals surface area contributed by atoms with E-state index in [4.69, 9.17) is 14.2 Å². The summed E-state index contributed by atoms with van der Waals surface area (Å²) in [5.74, 6) is -1.51. The first-order valence-electron chi connectivity index (χ1n) is 25.9. The molecule has 66 heavy (non-hydrogen) atoms. The van der Waals surface area contributed by atoms with E-state index in [9.17, 15) is 19.5 Å². The second-order valence-electron chi connectivity index (χ2n) is 18.0. The molecule has 0 aromatic rings. The fourth-order valence-corrected chi connectivity index (χ4v) is 6.99. The van der Waals surface area contributed by atoms with Gasteiger partial charge in [0.2, 0.25) is 0 Å². The van der Waals surface area contributed by atoms with E-state index in [2.05, 4.69) is 123 Å². The summed E-state index contributed by atoms with van der Waals surface area (Å²) in [7, 11) is 5.52. The van der Waals surface area contributed by atoms with E-state index in [1.807, 2.05) is 21.1 Å². The molecule has 1 N–H and O–H groups in total. The van der Waals surface area contributed by atoms with Crippen molar-refractivity contribution in [3.8, 4) is 0 Å². The standard InChI is InChI=1S/C58H95NO7/c1-6-8-10-12-14-16-18-20-22-24-26-28-29-31-33-35-37-39-41-43-45-47-49-57(61)66-54(52-64-51-50-55(58(62)63)59(3,4)5)53-65-56(60)48-46-44-42-40-38-36-34-32-30-27-25-23-21-19-17-15-13-11-9-7-2/h8-11,14-17,20-23,26-28,30-31,33,54-55H,6-7,12-13,18-19,24-25,29,32,34-53H2,1-5H3/p+1/b10-8+,11-9+,16-14+,17-15+,22-20+,23-21+,28-26+,30-27+,33-31+. The van der Waals surface area contributed by atoms with Crippen LogP contribution in [0.4, 0.5) is 0 Å². The summed E-state index contributed by atoms with van der Waals surface area (Å²) < 4.78 is 17.3. The first-order chi connectivity index (χ1) is 32.1. The van der Waals surface area contributed by atoms with Crippen LogP contribution in [0.5, 0.6) is 0 Å². The van der Waals surface area contributed by atoms with Crippen molar-refractivity contribution in [2.75, 3.05) is 41.0 Å². The number of likely N-dealkylation sites (N-methyl/N-ethyl adjacent to an activating group) is 1. The van der Waals surface area contributed by atoms with Gasteiger partial charge in [0.1, 0.15) is 6.61 Å². The largest absolute Gasteiger partial charge is 0.477 e. The van der Waals surface area contributed by atoms with E-state index in [1.54, 1.807) is 0 Å². The number of carbonyl (C=O) groups is 3. The zero-order valence-corrected chi connectivity index (χ0v) is 42.6. The van der Waals surface area contributed by atoms with E-state index in [0.29, 0.717) is 19.3 Å². The second-order valence-corrected chi connectivity index (χ2v) is 18.0. The van der Waals surface area contributed by atoms with Crippen LogP contribution in [0.3, 0.4) is 0 Å². The Kier molecular flexibility index (Phi) is 44.6. The Hall–Kier alpha value is -4.01. The Balaban J connectivity index is 4.32. The van der Waals surface area contributed by atoms with Gasteiger partial charge < -0.3 is 23.8 Å². The number of ether oxygens (including phenoxy) is 3. The van der Waals surface area contributed by atoms with E-state index in [0.717, 1.165) is 116 Å². The van der Waals surface area contributed by atoms with Crippen molar-refractivity contribution in [3.63, 3.8) is 0 Å². The third kappa shape index (κ3) is 45.2. The predicted molar refractivity (Wildman–Crippen MR) is 279 cm³/mol. The number of hydrogen-bond acceptors (Lipinski definition) is 6. The van der Waals surface area contributed by atoms with Gasteiger partial charge in [-0.3, -0.25) is 9.59 Å². The van der Waals surface area contributed by atoms with Gasteiger partial charge in [-0.2, -0.15) is 0 Å². The molecule has 0 saturated heterocycles. The minimum absolute atomic E-state index is 0.0443. The highest BCUT2D eigenvalue weighted by molar-refractivity contribution is 5.72. The molecule has 0 saturated carbocycles. The lowest BCUT2D eigenvalue weighted by molar-refractivity contribution is -0.887. The molecular weight excluding hydrogens is 823 g/mol. The average molecular weight is 919 g/mol. The molecule has 0 aliphatic heterocycles. The van der Waals surface area contributed by atoms with Gasteiger partial charge in [-0.05, 0) is 96.3 Å². The lowest BCUT2D eigenvalue weighted by Crippen LogP contribution is -2.50. The smallest absolute Gasteiger partial charge is 0.362 e. The Morgan fingerprint density at radius 1 is 0.455 bits per heavy atom. The highest BCUT2D eigenvalue weighted by Gasteiger charge is 2.31. The van der Waals surface area contributed by atoms with Gasteiger partial charge in [0.15, 0.2) is 12.1 Å². The summed E-state index contributed by atoms with van der Waals surface area (Å²) in [5.41, 5.74) is 0. The monoisotopic (exact) mass is 919 g/mol. The Labute approximate surface area is 404 Å². The van der Waals surface area contributed by atoms with Crippen LogP contribution in [0.1, 0.15) is 187 Å². The molecular formula is C58H96NO7+. The molecule has 0 aromatic carbocycles. The molecule has 0 radical (unpaired) electrons. The molecule has 0 heterocycles. The van der Waals surface area contributed by atoms with Crippen molar-refractivity contribution in [3.05, 3.63) is 109 Å². The van der Waals surface area contributed by atoms with Crippen LogP contribution >= 0.6 is 0 Å². The first-order valence-corrected chi connectivity index (χ1v) is 25.9. The molecule has 8 heteroatoms. The number of rotatable bonds is 45. The summed E-state index contributed by atoms with van der Waals surface area (Å²) in [6.45, 7) is 4.48. The van der Waals surface area contributed by atoms with Gasteiger partial charge in [-0.25, -0.2) is 4.79 Å². The predicted octanol–water partition coefficient (Wildman–Crippen LogP) is 15.2. The molecule has 8 nitrogen and oxygen atoms in total. The Morgan fingerprint density at radius 2 is 0.803 bits per heavy atom. The molecule has 374 valence electrons. The summed E-state index contributed by atoms with van der Waals surface area (Å²) >= 11 is 0. The van der Waals surface area contributed by atoms with Crippen LogP contribution in [0.15, 0.2) is 109 Å². The number of esters is 2. The lowest BCUT2D eigenvalue weighted by Gasteiger charge is -2.31. The third-order valence-corrected chi connectivity index (χ3v) is 10.9. The maximum atomic E-state index is 12.8. The van der Waals surface area contributed by atoms with Crippen molar-refractivity contribution in [2.24, 2.45) is 0 Å². The molecule has 0 spiro atoms. The molecule has 2 unspecified atom stereocenters. The van der Waals surface area contributed by atoms with Gasteiger partial charge in [0.25, 0.3) is 0 Å². The number of aliphatic carboxylic acids is 1. The van der Waals surface area contributed by atoms with Crippen molar-refractivity contribution in [2.45, 2.75) is 199 Å². The van der Waals surface area contributed by atoms with Gasteiger partial charge in [-0.15, -0.1) is 0 Å². The number of hydrogen-bond donors (Lipinski definition) is 1. The normalized spacial score (nSPS) is 13.8. The van der Waals surface area contributed by atoms with Crippen molar-refractivity contribution in [1.82, 2.24) is 0 Å². The van der Waals surface area contributed by atoms with Gasteiger partial charge >= 0.3 is 17.9 Å². The van der Waals surface area contributed by atoms with Crippen molar-refractivity contribution >= 4 is 17.9 Å². The summed E-state index contributed by atoms with van der Waals surface area (Å²) in [6, 6.07) is -0.627. The van der Waals surface area contributed by atoms with Crippen LogP contribution in [0.2, 0.25) is 0 Å². The molecule has 0 bridgehead atoms. The zero-order chi connectivity index (χ0) is 48.4. The SMILES string of the molecule is CC/C=C/C/C=C/C/C=C/C/C=C/C/C=C/CCCCCCCCC(=O)OC(COCCC(C(=O)O)[N+](C)(C)C)COC(=O)CCCCCCCCC/C=C/C/C=C/C/C=C/C/C=C/CC. The van der Waals surface area contributed by atoms with E-state index < -0.39 is 18.1 Å². The van der Waals surface area contributed by atoms with Gasteiger partial charge in [-0.1, -0.05) is 181 Å². The first kappa shape index (κ1) is 62.0. The third-order valence-electron chi connectivity index (χ3n) is 10.9. The molecule has 0 amide bonds. The maximum absolute atomic E-state index is 12.8. The van der Waals surface area contributed by atoms with Crippen LogP contribution in [0, 0.1) is 0 Å². The number of carbonyl (C=O) groups excluding carboxylic acids is 2. The van der Waals surface area contributed by atoms with Crippen LogP contribution in [-0.2, 0) is 28.6 Å². The maximum Gasteiger partial charge on any atom is 0.362 e. The van der Waals surface area contributed by atoms with Crippen LogP contribution < -0.4 is 0 Å². The van der Waals surface area contributed by atoms with E-state index in [-0.39, 0.29) is 36.2 Å². The number of unbranched alkanes of at least 4 members (excludes halogenated alkanes) is 13. The second kappa shape index (κ2) is 47.5. The van der Waals surface area contributed by atoms with Crippen LogP contribution in [0.25, 0.3) is 0 Å². The highest BCUT2D eigenvalue weighted by Crippen LogP contribution is 2.14. The average Bonchev–Trinajstić information content (AvgIpc) is 3.28. The molecule has 0 aromatic heterocycles.